The maximum atomic E-state index is 12.4. The second-order valence-corrected chi connectivity index (χ2v) is 6.53. The van der Waals surface area contributed by atoms with Gasteiger partial charge in [-0.25, -0.2) is 0 Å². The van der Waals surface area contributed by atoms with Gasteiger partial charge in [-0.15, -0.1) is 10.2 Å². The smallest absolute Gasteiger partial charge is 0.273 e. The Morgan fingerprint density at radius 3 is 2.70 bits per heavy atom. The Balaban J connectivity index is 1.69. The first-order valence-electron chi connectivity index (χ1n) is 7.01. The number of amides is 1. The Morgan fingerprint density at radius 2 is 2.09 bits per heavy atom. The molecule has 0 fully saturated rings. The summed E-state index contributed by atoms with van der Waals surface area (Å²) in [6, 6.07) is 7.47. The predicted octanol–water partition coefficient (Wildman–Crippen LogP) is 2.38. The summed E-state index contributed by atoms with van der Waals surface area (Å²) in [5.41, 5.74) is 0.558. The third kappa shape index (κ3) is 3.16. The standard InChI is InChI=1S/C15H16N4O3S/c1-9-17-18-14(23-9)16-13(20)15(2)8-12(19-22-15)10-4-6-11(21-3)7-5-10/h4-7H,8H2,1-3H3,(H,16,18,20)/t15-/m0/s1. The van der Waals surface area contributed by atoms with Gasteiger partial charge in [-0.05, 0) is 43.7 Å². The molecule has 1 aliphatic rings. The van der Waals surface area contributed by atoms with E-state index in [1.807, 2.05) is 31.2 Å². The number of carbonyl (C=O) groups excluding carboxylic acids is 1. The van der Waals surface area contributed by atoms with E-state index >= 15 is 0 Å². The number of nitrogens with one attached hydrogen (secondary N) is 1. The largest absolute Gasteiger partial charge is 0.497 e. The fourth-order valence-electron chi connectivity index (χ4n) is 2.18. The van der Waals surface area contributed by atoms with Crippen LogP contribution in [0.3, 0.4) is 0 Å². The lowest BCUT2D eigenvalue weighted by molar-refractivity contribution is -0.135. The van der Waals surface area contributed by atoms with Gasteiger partial charge in [0.05, 0.1) is 12.8 Å². The molecule has 1 aromatic heterocycles. The molecule has 2 aromatic rings. The van der Waals surface area contributed by atoms with Gasteiger partial charge in [0.15, 0.2) is 0 Å². The molecule has 2 heterocycles. The summed E-state index contributed by atoms with van der Waals surface area (Å²) in [7, 11) is 1.61. The number of aromatic nitrogens is 2. The van der Waals surface area contributed by atoms with Crippen molar-refractivity contribution in [2.24, 2.45) is 5.16 Å². The molecule has 0 bridgehead atoms. The molecule has 120 valence electrons. The van der Waals surface area contributed by atoms with Crippen LogP contribution in [0.4, 0.5) is 5.13 Å². The number of nitrogens with zero attached hydrogens (tertiary/aromatic N) is 3. The lowest BCUT2D eigenvalue weighted by Crippen LogP contribution is -2.40. The van der Waals surface area contributed by atoms with Crippen molar-refractivity contribution in [1.29, 1.82) is 0 Å². The molecule has 3 rings (SSSR count). The number of benzene rings is 1. The molecule has 8 heteroatoms. The van der Waals surface area contributed by atoms with Gasteiger partial charge < -0.3 is 9.57 Å². The molecule has 0 aliphatic carbocycles. The maximum absolute atomic E-state index is 12.4. The zero-order valence-electron chi connectivity index (χ0n) is 13.0. The number of anilines is 1. The van der Waals surface area contributed by atoms with Crippen molar-refractivity contribution in [3.05, 3.63) is 34.8 Å². The van der Waals surface area contributed by atoms with Crippen molar-refractivity contribution in [1.82, 2.24) is 10.2 Å². The minimum atomic E-state index is -1.06. The van der Waals surface area contributed by atoms with Crippen molar-refractivity contribution in [3.63, 3.8) is 0 Å². The molecule has 0 saturated carbocycles. The number of hydrogen-bond acceptors (Lipinski definition) is 7. The third-order valence-corrected chi connectivity index (χ3v) is 4.27. The quantitative estimate of drug-likeness (QED) is 0.929. The van der Waals surface area contributed by atoms with E-state index in [1.165, 1.54) is 11.3 Å². The van der Waals surface area contributed by atoms with E-state index < -0.39 is 5.60 Å². The van der Waals surface area contributed by atoms with E-state index in [2.05, 4.69) is 20.7 Å². The van der Waals surface area contributed by atoms with Crippen molar-refractivity contribution in [2.75, 3.05) is 12.4 Å². The van der Waals surface area contributed by atoms with E-state index in [4.69, 9.17) is 9.57 Å². The highest BCUT2D eigenvalue weighted by molar-refractivity contribution is 7.15. The molecule has 0 spiro atoms. The first kappa shape index (κ1) is 15.4. The van der Waals surface area contributed by atoms with Crippen LogP contribution in [0.15, 0.2) is 29.4 Å². The van der Waals surface area contributed by atoms with Gasteiger partial charge in [0.25, 0.3) is 5.91 Å². The zero-order chi connectivity index (χ0) is 16.4. The summed E-state index contributed by atoms with van der Waals surface area (Å²) in [6.07, 6.45) is 0.378. The number of hydrogen-bond donors (Lipinski definition) is 1. The second kappa shape index (κ2) is 5.96. The Bertz CT molecular complexity index is 756. The van der Waals surface area contributed by atoms with Crippen LogP contribution in [0, 0.1) is 6.92 Å². The molecular formula is C15H16N4O3S. The summed E-state index contributed by atoms with van der Waals surface area (Å²) < 4.78 is 5.13. The Hall–Kier alpha value is -2.48. The molecule has 1 N–H and O–H groups in total. The Kier molecular flexibility index (Phi) is 3.99. The van der Waals surface area contributed by atoms with Gasteiger partial charge in [0.1, 0.15) is 10.8 Å². The Morgan fingerprint density at radius 1 is 1.35 bits per heavy atom. The molecular weight excluding hydrogens is 316 g/mol. The molecule has 7 nitrogen and oxygen atoms in total. The number of oxime groups is 1. The Labute approximate surface area is 137 Å². The SMILES string of the molecule is COc1ccc(C2=NO[C@](C)(C(=O)Nc3nnc(C)s3)C2)cc1. The first-order chi connectivity index (χ1) is 11.0. The van der Waals surface area contributed by atoms with Crippen molar-refractivity contribution >= 4 is 28.1 Å². The van der Waals surface area contributed by atoms with Gasteiger partial charge in [0, 0.05) is 6.42 Å². The van der Waals surface area contributed by atoms with Crippen LogP contribution in [0.25, 0.3) is 0 Å². The molecule has 23 heavy (non-hydrogen) atoms. The van der Waals surface area contributed by atoms with E-state index in [9.17, 15) is 4.79 Å². The van der Waals surface area contributed by atoms with Gasteiger partial charge in [-0.3, -0.25) is 10.1 Å². The first-order valence-corrected chi connectivity index (χ1v) is 7.83. The van der Waals surface area contributed by atoms with Crippen LogP contribution in [0.5, 0.6) is 5.75 Å². The molecule has 1 aromatic carbocycles. The normalized spacial score (nSPS) is 19.9. The predicted molar refractivity (Wildman–Crippen MR) is 86.9 cm³/mol. The highest BCUT2D eigenvalue weighted by atomic mass is 32.1. The topological polar surface area (TPSA) is 85.7 Å². The van der Waals surface area contributed by atoms with Crippen LogP contribution in [0.2, 0.25) is 0 Å². The second-order valence-electron chi connectivity index (χ2n) is 5.35. The summed E-state index contributed by atoms with van der Waals surface area (Å²) in [5.74, 6) is 0.473. The number of rotatable bonds is 4. The number of ether oxygens (including phenoxy) is 1. The number of aryl methyl sites for hydroxylation is 1. The van der Waals surface area contributed by atoms with E-state index in [0.717, 1.165) is 22.0 Å². The van der Waals surface area contributed by atoms with Gasteiger partial charge in [0.2, 0.25) is 10.7 Å². The molecule has 0 unspecified atom stereocenters. The number of methoxy groups -OCH3 is 1. The molecule has 1 amide bonds. The monoisotopic (exact) mass is 332 g/mol. The molecule has 1 aliphatic heterocycles. The molecule has 1 atom stereocenters. The summed E-state index contributed by atoms with van der Waals surface area (Å²) in [4.78, 5) is 17.8. The maximum Gasteiger partial charge on any atom is 0.273 e. The van der Waals surface area contributed by atoms with Crippen LogP contribution in [-0.2, 0) is 9.63 Å². The average molecular weight is 332 g/mol. The fraction of sp³-hybridized carbons (Fsp3) is 0.333. The summed E-state index contributed by atoms with van der Waals surface area (Å²) in [5, 5.41) is 15.8. The van der Waals surface area contributed by atoms with Crippen LogP contribution in [0.1, 0.15) is 23.9 Å². The summed E-state index contributed by atoms with van der Waals surface area (Å²) in [6.45, 7) is 3.53. The highest BCUT2D eigenvalue weighted by Gasteiger charge is 2.42. The lowest BCUT2D eigenvalue weighted by atomic mass is 9.95. The minimum absolute atomic E-state index is 0.291. The van der Waals surface area contributed by atoms with Crippen LogP contribution in [-0.4, -0.2) is 34.5 Å². The van der Waals surface area contributed by atoms with Gasteiger partial charge >= 0.3 is 0 Å². The van der Waals surface area contributed by atoms with Gasteiger partial charge in [-0.2, -0.15) is 0 Å². The van der Waals surface area contributed by atoms with E-state index in [-0.39, 0.29) is 5.91 Å². The van der Waals surface area contributed by atoms with Crippen molar-refractivity contribution in [3.8, 4) is 5.75 Å². The van der Waals surface area contributed by atoms with Crippen LogP contribution >= 0.6 is 11.3 Å². The van der Waals surface area contributed by atoms with E-state index in [1.54, 1.807) is 14.0 Å². The van der Waals surface area contributed by atoms with Crippen molar-refractivity contribution < 1.29 is 14.4 Å². The third-order valence-electron chi connectivity index (χ3n) is 3.51. The van der Waals surface area contributed by atoms with Crippen molar-refractivity contribution in [2.45, 2.75) is 25.9 Å². The zero-order valence-corrected chi connectivity index (χ0v) is 13.8. The van der Waals surface area contributed by atoms with E-state index in [0.29, 0.717) is 11.6 Å². The highest BCUT2D eigenvalue weighted by Crippen LogP contribution is 2.29. The van der Waals surface area contributed by atoms with Crippen LogP contribution < -0.4 is 10.1 Å². The fourth-order valence-corrected chi connectivity index (χ4v) is 2.76. The number of carbonyl (C=O) groups is 1. The van der Waals surface area contributed by atoms with Gasteiger partial charge in [-0.1, -0.05) is 16.5 Å². The lowest BCUT2D eigenvalue weighted by Gasteiger charge is -2.19. The molecule has 0 saturated heterocycles. The minimum Gasteiger partial charge on any atom is -0.497 e. The average Bonchev–Trinajstić information content (AvgIpc) is 3.14. The molecule has 0 radical (unpaired) electrons. The summed E-state index contributed by atoms with van der Waals surface area (Å²) >= 11 is 1.31.